The highest BCUT2D eigenvalue weighted by atomic mass is 35.5. The van der Waals surface area contributed by atoms with Crippen LogP contribution < -0.4 is 4.74 Å². The highest BCUT2D eigenvalue weighted by Crippen LogP contribution is 2.25. The van der Waals surface area contributed by atoms with Gasteiger partial charge in [-0.3, -0.25) is 0 Å². The van der Waals surface area contributed by atoms with Crippen molar-refractivity contribution in [2.75, 3.05) is 0 Å². The maximum atomic E-state index is 12.2. The zero-order valence-electron chi connectivity index (χ0n) is 14.8. The third-order valence-electron chi connectivity index (χ3n) is 4.16. The third kappa shape index (κ3) is 4.13. The molecule has 4 nitrogen and oxygen atoms in total. The van der Waals surface area contributed by atoms with E-state index in [-0.39, 0.29) is 11.6 Å². The summed E-state index contributed by atoms with van der Waals surface area (Å²) in [5, 5.41) is 0.605. The van der Waals surface area contributed by atoms with E-state index in [2.05, 4.69) is 4.99 Å². The van der Waals surface area contributed by atoms with Gasteiger partial charge in [0.25, 0.3) is 0 Å². The Kier molecular flexibility index (Phi) is 5.22. The molecule has 0 radical (unpaired) electrons. The first-order valence-electron chi connectivity index (χ1n) is 8.73. The molecule has 0 saturated heterocycles. The smallest absolute Gasteiger partial charge is 0.363 e. The van der Waals surface area contributed by atoms with Gasteiger partial charge in [-0.2, -0.15) is 0 Å². The van der Waals surface area contributed by atoms with Gasteiger partial charge in [0.2, 0.25) is 5.90 Å². The van der Waals surface area contributed by atoms with Crippen molar-refractivity contribution in [3.63, 3.8) is 0 Å². The van der Waals surface area contributed by atoms with Crippen LogP contribution in [0.15, 0.2) is 89.6 Å². The van der Waals surface area contributed by atoms with E-state index in [4.69, 9.17) is 21.1 Å². The second-order valence-electron chi connectivity index (χ2n) is 6.16. The summed E-state index contributed by atoms with van der Waals surface area (Å²) in [7, 11) is 0. The number of esters is 1. The minimum atomic E-state index is -0.497. The first kappa shape index (κ1) is 18.0. The Morgan fingerprint density at radius 1 is 0.929 bits per heavy atom. The molecule has 0 aromatic heterocycles. The first-order chi connectivity index (χ1) is 13.7. The lowest BCUT2D eigenvalue weighted by atomic mass is 10.1. The molecule has 1 aliphatic rings. The van der Waals surface area contributed by atoms with Gasteiger partial charge >= 0.3 is 5.97 Å². The van der Waals surface area contributed by atoms with Crippen LogP contribution in [0.25, 0.3) is 6.08 Å². The minimum absolute atomic E-state index is 0.223. The summed E-state index contributed by atoms with van der Waals surface area (Å²) in [6.07, 6.45) is 1.67. The van der Waals surface area contributed by atoms with Crippen LogP contribution in [0.3, 0.4) is 0 Å². The molecule has 0 atom stereocenters. The van der Waals surface area contributed by atoms with E-state index in [1.807, 2.05) is 54.6 Å². The van der Waals surface area contributed by atoms with Gasteiger partial charge in [0, 0.05) is 16.1 Å². The number of carbonyl (C=O) groups is 1. The molecule has 1 heterocycles. The Morgan fingerprint density at radius 2 is 1.64 bits per heavy atom. The lowest BCUT2D eigenvalue weighted by molar-refractivity contribution is -0.129. The molecular formula is C23H16ClNO3. The van der Waals surface area contributed by atoms with Crippen molar-refractivity contribution in [2.24, 2.45) is 4.99 Å². The standard InChI is InChI=1S/C23H16ClNO3/c24-19-12-10-17(11-13-19)22-25-20(23(26)28-22)14-18-8-4-5-9-21(18)27-15-16-6-2-1-3-7-16/h1-14H,15H2. The number of aliphatic imine (C=N–C) groups is 1. The van der Waals surface area contributed by atoms with Crippen LogP contribution in [0, 0.1) is 0 Å². The largest absolute Gasteiger partial charge is 0.488 e. The molecule has 0 saturated carbocycles. The zero-order valence-corrected chi connectivity index (χ0v) is 15.6. The number of carbonyl (C=O) groups excluding carboxylic acids is 1. The van der Waals surface area contributed by atoms with E-state index in [0.29, 0.717) is 22.9 Å². The molecular weight excluding hydrogens is 374 g/mol. The molecule has 5 heteroatoms. The zero-order chi connectivity index (χ0) is 19.3. The topological polar surface area (TPSA) is 47.9 Å². The summed E-state index contributed by atoms with van der Waals surface area (Å²) in [6.45, 7) is 0.435. The van der Waals surface area contributed by atoms with Crippen molar-refractivity contribution in [3.05, 3.63) is 106 Å². The number of hydrogen-bond donors (Lipinski definition) is 0. The highest BCUT2D eigenvalue weighted by Gasteiger charge is 2.24. The summed E-state index contributed by atoms with van der Waals surface area (Å²) >= 11 is 5.90. The monoisotopic (exact) mass is 389 g/mol. The molecule has 0 unspecified atom stereocenters. The predicted molar refractivity (Wildman–Crippen MR) is 109 cm³/mol. The van der Waals surface area contributed by atoms with Gasteiger partial charge in [-0.25, -0.2) is 9.79 Å². The molecule has 0 bridgehead atoms. The molecule has 4 rings (SSSR count). The molecule has 0 spiro atoms. The number of nitrogens with zero attached hydrogens (tertiary/aromatic N) is 1. The van der Waals surface area contributed by atoms with Crippen molar-refractivity contribution in [2.45, 2.75) is 6.61 Å². The van der Waals surface area contributed by atoms with Crippen molar-refractivity contribution in [1.29, 1.82) is 0 Å². The summed E-state index contributed by atoms with van der Waals surface area (Å²) in [5.41, 5.74) is 2.73. The molecule has 0 fully saturated rings. The Bertz CT molecular complexity index is 1060. The maximum Gasteiger partial charge on any atom is 0.363 e. The van der Waals surface area contributed by atoms with Crippen LogP contribution in [0.4, 0.5) is 0 Å². The van der Waals surface area contributed by atoms with Gasteiger partial charge in [0.1, 0.15) is 12.4 Å². The van der Waals surface area contributed by atoms with Gasteiger partial charge in [0.15, 0.2) is 5.70 Å². The quantitative estimate of drug-likeness (QED) is 0.441. The lowest BCUT2D eigenvalue weighted by Crippen LogP contribution is -2.05. The molecule has 3 aromatic carbocycles. The van der Waals surface area contributed by atoms with Crippen molar-refractivity contribution >= 4 is 29.5 Å². The number of hydrogen-bond acceptors (Lipinski definition) is 4. The fraction of sp³-hybridized carbons (Fsp3) is 0.0435. The molecule has 0 amide bonds. The van der Waals surface area contributed by atoms with E-state index in [1.54, 1.807) is 30.3 Å². The first-order valence-corrected chi connectivity index (χ1v) is 9.11. The van der Waals surface area contributed by atoms with E-state index in [9.17, 15) is 4.79 Å². The van der Waals surface area contributed by atoms with Gasteiger partial charge in [-0.1, -0.05) is 60.1 Å². The fourth-order valence-corrected chi connectivity index (χ4v) is 2.86. The van der Waals surface area contributed by atoms with Gasteiger partial charge in [-0.15, -0.1) is 0 Å². The summed E-state index contributed by atoms with van der Waals surface area (Å²) in [6, 6.07) is 24.4. The van der Waals surface area contributed by atoms with Crippen LogP contribution in [0.1, 0.15) is 16.7 Å². The van der Waals surface area contributed by atoms with Crippen LogP contribution >= 0.6 is 11.6 Å². The number of cyclic esters (lactones) is 1. The molecule has 138 valence electrons. The average molecular weight is 390 g/mol. The maximum absolute atomic E-state index is 12.2. The predicted octanol–water partition coefficient (Wildman–Crippen LogP) is 5.26. The Labute approximate surface area is 167 Å². The molecule has 1 aliphatic heterocycles. The Morgan fingerprint density at radius 3 is 2.43 bits per heavy atom. The van der Waals surface area contributed by atoms with Crippen LogP contribution in [-0.2, 0) is 16.1 Å². The molecule has 3 aromatic rings. The van der Waals surface area contributed by atoms with Crippen LogP contribution in [0.5, 0.6) is 5.75 Å². The number of ether oxygens (including phenoxy) is 2. The fourth-order valence-electron chi connectivity index (χ4n) is 2.74. The van der Waals surface area contributed by atoms with Crippen LogP contribution in [-0.4, -0.2) is 11.9 Å². The van der Waals surface area contributed by atoms with Crippen molar-refractivity contribution in [1.82, 2.24) is 0 Å². The lowest BCUT2D eigenvalue weighted by Gasteiger charge is -2.09. The summed E-state index contributed by atoms with van der Waals surface area (Å²) in [5.74, 6) is 0.431. The number of halogens is 1. The van der Waals surface area contributed by atoms with Crippen LogP contribution in [0.2, 0.25) is 5.02 Å². The third-order valence-corrected chi connectivity index (χ3v) is 4.41. The Balaban J connectivity index is 1.58. The van der Waals surface area contributed by atoms with E-state index in [0.717, 1.165) is 11.1 Å². The Hall–Kier alpha value is -3.37. The SMILES string of the molecule is O=C1OC(c2ccc(Cl)cc2)=NC1=Cc1ccccc1OCc1ccccc1. The number of benzene rings is 3. The molecule has 28 heavy (non-hydrogen) atoms. The van der Waals surface area contributed by atoms with E-state index < -0.39 is 5.97 Å². The number of rotatable bonds is 5. The highest BCUT2D eigenvalue weighted by molar-refractivity contribution is 6.30. The van der Waals surface area contributed by atoms with Gasteiger partial charge < -0.3 is 9.47 Å². The average Bonchev–Trinajstić information content (AvgIpc) is 3.09. The van der Waals surface area contributed by atoms with E-state index in [1.165, 1.54) is 0 Å². The normalized spacial score (nSPS) is 14.7. The molecule has 0 N–H and O–H groups in total. The second kappa shape index (κ2) is 8.11. The van der Waals surface area contributed by atoms with Crippen molar-refractivity contribution in [3.8, 4) is 5.75 Å². The second-order valence-corrected chi connectivity index (χ2v) is 6.59. The summed E-state index contributed by atoms with van der Waals surface area (Å²) in [4.78, 5) is 16.6. The van der Waals surface area contributed by atoms with Gasteiger partial charge in [-0.05, 0) is 42.0 Å². The molecule has 0 aliphatic carbocycles. The summed E-state index contributed by atoms with van der Waals surface area (Å²) < 4.78 is 11.2. The number of para-hydroxylation sites is 1. The van der Waals surface area contributed by atoms with E-state index >= 15 is 0 Å². The van der Waals surface area contributed by atoms with Gasteiger partial charge in [0.05, 0.1) is 0 Å². The minimum Gasteiger partial charge on any atom is -0.488 e. The van der Waals surface area contributed by atoms with Crippen molar-refractivity contribution < 1.29 is 14.3 Å².